The molecule has 2 aromatic rings. The zero-order valence-electron chi connectivity index (χ0n) is 12.4. The topological polar surface area (TPSA) is 81.8 Å². The summed E-state index contributed by atoms with van der Waals surface area (Å²) in [5.41, 5.74) is 1.31. The molecule has 0 aliphatic rings. The highest BCUT2D eigenvalue weighted by molar-refractivity contribution is 5.39. The van der Waals surface area contributed by atoms with Crippen LogP contribution in [0.4, 0.5) is 5.69 Å². The Balaban J connectivity index is 2.03. The molecule has 1 unspecified atom stereocenters. The van der Waals surface area contributed by atoms with Crippen molar-refractivity contribution in [3.63, 3.8) is 0 Å². The van der Waals surface area contributed by atoms with Crippen molar-refractivity contribution in [1.82, 2.24) is 0 Å². The van der Waals surface area contributed by atoms with Crippen LogP contribution >= 0.6 is 0 Å². The Bertz CT molecular complexity index is 671. The average Bonchev–Trinajstić information content (AvgIpc) is 2.52. The molecule has 116 valence electrons. The number of aryl methyl sites for hydroxylation is 1. The summed E-state index contributed by atoms with van der Waals surface area (Å²) in [7, 11) is 1.59. The first-order chi connectivity index (χ1) is 10.5. The largest absolute Gasteiger partial charge is 0.496 e. The number of non-ortho nitro benzene ring substituents is 1. The second-order valence-electron chi connectivity index (χ2n) is 4.81. The molecule has 0 bridgehead atoms. The van der Waals surface area contributed by atoms with Crippen molar-refractivity contribution in [1.29, 1.82) is 0 Å². The molecule has 0 amide bonds. The number of nitro benzene ring substituents is 1. The van der Waals surface area contributed by atoms with Crippen LogP contribution in [-0.4, -0.2) is 23.7 Å². The second kappa shape index (κ2) is 6.91. The minimum atomic E-state index is -0.942. The van der Waals surface area contributed by atoms with Crippen molar-refractivity contribution in [2.75, 3.05) is 13.7 Å². The van der Waals surface area contributed by atoms with E-state index >= 15 is 0 Å². The van der Waals surface area contributed by atoms with E-state index in [1.54, 1.807) is 31.4 Å². The van der Waals surface area contributed by atoms with Gasteiger partial charge in [-0.05, 0) is 36.2 Å². The Morgan fingerprint density at radius 3 is 2.68 bits per heavy atom. The Kier molecular flexibility index (Phi) is 4.95. The van der Waals surface area contributed by atoms with Crippen molar-refractivity contribution in [2.45, 2.75) is 13.0 Å². The van der Waals surface area contributed by atoms with Gasteiger partial charge in [-0.3, -0.25) is 10.1 Å². The molecule has 0 saturated carbocycles. The lowest BCUT2D eigenvalue weighted by Crippen LogP contribution is -2.10. The van der Waals surface area contributed by atoms with Crippen molar-refractivity contribution in [3.05, 3.63) is 63.7 Å². The monoisotopic (exact) mass is 303 g/mol. The fourth-order valence-corrected chi connectivity index (χ4v) is 2.06. The molecule has 22 heavy (non-hydrogen) atoms. The van der Waals surface area contributed by atoms with Gasteiger partial charge in [-0.15, -0.1) is 0 Å². The van der Waals surface area contributed by atoms with Crippen molar-refractivity contribution in [2.24, 2.45) is 0 Å². The molecule has 0 fully saturated rings. The zero-order valence-corrected chi connectivity index (χ0v) is 12.4. The number of nitrogens with zero attached hydrogens (tertiary/aromatic N) is 1. The highest BCUT2D eigenvalue weighted by Gasteiger charge is 2.13. The van der Waals surface area contributed by atoms with E-state index in [2.05, 4.69) is 0 Å². The highest BCUT2D eigenvalue weighted by atomic mass is 16.6. The van der Waals surface area contributed by atoms with Crippen molar-refractivity contribution >= 4 is 5.69 Å². The number of hydrogen-bond donors (Lipinski definition) is 1. The van der Waals surface area contributed by atoms with Crippen LogP contribution in [0.5, 0.6) is 11.5 Å². The summed E-state index contributed by atoms with van der Waals surface area (Å²) >= 11 is 0. The van der Waals surface area contributed by atoms with E-state index < -0.39 is 11.0 Å². The van der Waals surface area contributed by atoms with Gasteiger partial charge >= 0.3 is 0 Å². The molecule has 2 aromatic carbocycles. The van der Waals surface area contributed by atoms with Gasteiger partial charge in [0.2, 0.25) is 0 Å². The Hall–Kier alpha value is -2.60. The number of benzene rings is 2. The van der Waals surface area contributed by atoms with E-state index in [4.69, 9.17) is 9.47 Å². The first-order valence-electron chi connectivity index (χ1n) is 6.71. The van der Waals surface area contributed by atoms with Crippen LogP contribution in [0, 0.1) is 17.0 Å². The Labute approximate surface area is 128 Å². The fraction of sp³-hybridized carbons (Fsp3) is 0.250. The lowest BCUT2D eigenvalue weighted by molar-refractivity contribution is -0.385. The molecule has 2 rings (SSSR count). The van der Waals surface area contributed by atoms with Gasteiger partial charge in [0.15, 0.2) is 0 Å². The summed E-state index contributed by atoms with van der Waals surface area (Å²) in [4.78, 5) is 10.2. The number of rotatable bonds is 6. The molecule has 1 atom stereocenters. The van der Waals surface area contributed by atoms with Crippen LogP contribution in [0.3, 0.4) is 0 Å². The molecule has 6 heteroatoms. The lowest BCUT2D eigenvalue weighted by Gasteiger charge is -2.13. The van der Waals surface area contributed by atoms with Gasteiger partial charge in [-0.25, -0.2) is 0 Å². The standard InChI is InChI=1S/C16H17NO5/c1-11-8-14(6-7-16(11)21-2)22-10-15(18)12-4-3-5-13(9-12)17(19)20/h3-9,15,18H,10H2,1-2H3. The summed E-state index contributed by atoms with van der Waals surface area (Å²) in [5.74, 6) is 1.36. The van der Waals surface area contributed by atoms with Crippen LogP contribution in [-0.2, 0) is 0 Å². The number of ether oxygens (including phenoxy) is 2. The summed E-state index contributed by atoms with van der Waals surface area (Å²) < 4.78 is 10.7. The Morgan fingerprint density at radius 2 is 2.05 bits per heavy atom. The van der Waals surface area contributed by atoms with Gasteiger partial charge in [0.25, 0.3) is 5.69 Å². The molecular formula is C16H17NO5. The number of aliphatic hydroxyl groups is 1. The maximum atomic E-state index is 10.7. The van der Waals surface area contributed by atoms with E-state index in [9.17, 15) is 15.2 Å². The van der Waals surface area contributed by atoms with Gasteiger partial charge in [-0.1, -0.05) is 12.1 Å². The summed E-state index contributed by atoms with van der Waals surface area (Å²) in [6.07, 6.45) is -0.942. The number of nitro groups is 1. The fourth-order valence-electron chi connectivity index (χ4n) is 2.06. The van der Waals surface area contributed by atoms with Gasteiger partial charge in [0.1, 0.15) is 24.2 Å². The summed E-state index contributed by atoms with van der Waals surface area (Å²) in [6.45, 7) is 1.90. The second-order valence-corrected chi connectivity index (χ2v) is 4.81. The van der Waals surface area contributed by atoms with Gasteiger partial charge in [0.05, 0.1) is 12.0 Å². The molecule has 0 aliphatic carbocycles. The SMILES string of the molecule is COc1ccc(OCC(O)c2cccc([N+](=O)[O-])c2)cc1C. The third kappa shape index (κ3) is 3.73. The van der Waals surface area contributed by atoms with Gasteiger partial charge < -0.3 is 14.6 Å². The number of aliphatic hydroxyl groups excluding tert-OH is 1. The third-order valence-electron chi connectivity index (χ3n) is 3.24. The minimum Gasteiger partial charge on any atom is -0.496 e. The average molecular weight is 303 g/mol. The van der Waals surface area contributed by atoms with E-state index in [-0.39, 0.29) is 12.3 Å². The zero-order chi connectivity index (χ0) is 16.1. The van der Waals surface area contributed by atoms with Crippen LogP contribution in [0.2, 0.25) is 0 Å². The highest BCUT2D eigenvalue weighted by Crippen LogP contribution is 2.25. The lowest BCUT2D eigenvalue weighted by atomic mass is 10.1. The maximum Gasteiger partial charge on any atom is 0.269 e. The predicted molar refractivity (Wildman–Crippen MR) is 81.3 cm³/mol. The van der Waals surface area contributed by atoms with Crippen molar-refractivity contribution in [3.8, 4) is 11.5 Å². The molecule has 0 saturated heterocycles. The van der Waals surface area contributed by atoms with Crippen molar-refractivity contribution < 1.29 is 19.5 Å². The van der Waals surface area contributed by atoms with E-state index in [0.29, 0.717) is 11.3 Å². The number of hydrogen-bond acceptors (Lipinski definition) is 5. The van der Waals surface area contributed by atoms with E-state index in [1.165, 1.54) is 18.2 Å². The van der Waals surface area contributed by atoms with Gasteiger partial charge in [0, 0.05) is 12.1 Å². The molecule has 0 heterocycles. The Morgan fingerprint density at radius 1 is 1.27 bits per heavy atom. The van der Waals surface area contributed by atoms with E-state index in [0.717, 1.165) is 11.3 Å². The van der Waals surface area contributed by atoms with Crippen LogP contribution in [0.15, 0.2) is 42.5 Å². The molecular weight excluding hydrogens is 286 g/mol. The summed E-state index contributed by atoms with van der Waals surface area (Å²) in [5, 5.41) is 20.8. The first-order valence-corrected chi connectivity index (χ1v) is 6.71. The smallest absolute Gasteiger partial charge is 0.269 e. The molecule has 0 radical (unpaired) electrons. The normalized spacial score (nSPS) is 11.8. The number of methoxy groups -OCH3 is 1. The molecule has 1 N–H and O–H groups in total. The molecule has 0 aliphatic heterocycles. The quantitative estimate of drug-likeness (QED) is 0.655. The van der Waals surface area contributed by atoms with Gasteiger partial charge in [-0.2, -0.15) is 0 Å². The van der Waals surface area contributed by atoms with Crippen LogP contribution in [0.25, 0.3) is 0 Å². The third-order valence-corrected chi connectivity index (χ3v) is 3.24. The molecule has 0 spiro atoms. The minimum absolute atomic E-state index is 0.00688. The molecule has 0 aromatic heterocycles. The van der Waals surface area contributed by atoms with E-state index in [1.807, 2.05) is 6.92 Å². The summed E-state index contributed by atoms with van der Waals surface area (Å²) in [6, 6.07) is 11.2. The van der Waals surface area contributed by atoms with Crippen LogP contribution < -0.4 is 9.47 Å². The first kappa shape index (κ1) is 15.8. The predicted octanol–water partition coefficient (Wildman–Crippen LogP) is 3.02. The van der Waals surface area contributed by atoms with Crippen LogP contribution in [0.1, 0.15) is 17.2 Å². The molecule has 6 nitrogen and oxygen atoms in total. The maximum absolute atomic E-state index is 10.7.